The zero-order valence-corrected chi connectivity index (χ0v) is 21.5. The molecule has 2 aromatic carbocycles. The predicted octanol–water partition coefficient (Wildman–Crippen LogP) is 6.39. The third-order valence-electron chi connectivity index (χ3n) is 6.65. The van der Waals surface area contributed by atoms with Crippen molar-refractivity contribution >= 4 is 23.4 Å². The van der Waals surface area contributed by atoms with Crippen LogP contribution in [0.5, 0.6) is 0 Å². The van der Waals surface area contributed by atoms with E-state index >= 15 is 0 Å². The van der Waals surface area contributed by atoms with Gasteiger partial charge in [0, 0.05) is 31.0 Å². The lowest BCUT2D eigenvalue weighted by atomic mass is 9.99. The van der Waals surface area contributed by atoms with Crippen molar-refractivity contribution in [2.75, 3.05) is 23.3 Å². The van der Waals surface area contributed by atoms with Crippen LogP contribution in [0.2, 0.25) is 0 Å². The van der Waals surface area contributed by atoms with Crippen LogP contribution < -0.4 is 10.2 Å². The van der Waals surface area contributed by atoms with Crippen molar-refractivity contribution in [3.8, 4) is 0 Å². The normalized spacial score (nSPS) is 18.3. The average molecular weight is 518 g/mol. The zero-order valence-electron chi connectivity index (χ0n) is 21.5. The smallest absolute Gasteiger partial charge is 0.416 e. The van der Waals surface area contributed by atoms with E-state index in [0.29, 0.717) is 25.2 Å². The lowest BCUT2D eigenvalue weighted by molar-refractivity contribution is -0.137. The number of aryl methyl sites for hydroxylation is 1. The molecule has 1 saturated heterocycles. The molecule has 2 aliphatic rings. The number of fused-ring (bicyclic) bond motifs is 1. The summed E-state index contributed by atoms with van der Waals surface area (Å²) in [6.45, 7) is 7.19. The minimum absolute atomic E-state index is 0.233. The van der Waals surface area contributed by atoms with E-state index in [2.05, 4.69) is 10.2 Å². The highest BCUT2D eigenvalue weighted by atomic mass is 19.4. The number of nitrogens with one attached hydrogen (secondary N) is 1. The molecule has 2 aliphatic heterocycles. The number of hydrogen-bond donors (Lipinski definition) is 1. The van der Waals surface area contributed by atoms with Crippen molar-refractivity contribution in [3.63, 3.8) is 0 Å². The molecule has 0 radical (unpaired) electrons. The maximum atomic E-state index is 13.2. The molecule has 1 N–H and O–H groups in total. The summed E-state index contributed by atoms with van der Waals surface area (Å²) in [5.74, 6) is -0.233. The van der Waals surface area contributed by atoms with E-state index in [4.69, 9.17) is 4.74 Å². The van der Waals surface area contributed by atoms with Gasteiger partial charge in [0.05, 0.1) is 5.56 Å². The van der Waals surface area contributed by atoms with Crippen molar-refractivity contribution in [2.45, 2.75) is 77.2 Å². The summed E-state index contributed by atoms with van der Waals surface area (Å²) < 4.78 is 44.2. The number of amides is 2. The summed E-state index contributed by atoms with van der Waals surface area (Å²) in [7, 11) is 0. The lowest BCUT2D eigenvalue weighted by Crippen LogP contribution is -2.51. The Morgan fingerprint density at radius 1 is 1.00 bits per heavy atom. The second-order valence-electron chi connectivity index (χ2n) is 10.7. The monoisotopic (exact) mass is 517 g/mol. The summed E-state index contributed by atoms with van der Waals surface area (Å²) in [6.07, 6.45) is -0.806. The van der Waals surface area contributed by atoms with E-state index < -0.39 is 29.5 Å². The van der Waals surface area contributed by atoms with E-state index in [1.165, 1.54) is 17.0 Å². The fourth-order valence-electron chi connectivity index (χ4n) is 4.91. The van der Waals surface area contributed by atoms with E-state index in [-0.39, 0.29) is 5.91 Å². The maximum absolute atomic E-state index is 13.2. The van der Waals surface area contributed by atoms with Crippen LogP contribution in [0, 0.1) is 0 Å². The van der Waals surface area contributed by atoms with Gasteiger partial charge in [-0.3, -0.25) is 9.69 Å². The number of ether oxygens (including phenoxy) is 1. The molecular formula is C28H34F3N3O3. The molecule has 37 heavy (non-hydrogen) atoms. The fraction of sp³-hybridized carbons (Fsp3) is 0.500. The number of likely N-dealkylation sites (tertiary alicyclic amines) is 1. The Kier molecular flexibility index (Phi) is 7.71. The van der Waals surface area contributed by atoms with Crippen LogP contribution in [-0.2, 0) is 28.7 Å². The van der Waals surface area contributed by atoms with E-state index in [9.17, 15) is 22.8 Å². The van der Waals surface area contributed by atoms with Crippen molar-refractivity contribution in [2.24, 2.45) is 0 Å². The molecular weight excluding hydrogens is 483 g/mol. The van der Waals surface area contributed by atoms with Crippen molar-refractivity contribution < 1.29 is 27.5 Å². The van der Waals surface area contributed by atoms with Crippen molar-refractivity contribution in [3.05, 3.63) is 59.2 Å². The number of halogens is 3. The molecule has 200 valence electrons. The van der Waals surface area contributed by atoms with Crippen molar-refractivity contribution in [1.29, 1.82) is 0 Å². The Balaban J connectivity index is 1.44. The van der Waals surface area contributed by atoms with Gasteiger partial charge in [-0.05, 0) is 94.3 Å². The molecule has 6 nitrogen and oxygen atoms in total. The highest BCUT2D eigenvalue weighted by molar-refractivity contribution is 5.97. The molecule has 1 fully saturated rings. The number of benzene rings is 2. The summed E-state index contributed by atoms with van der Waals surface area (Å²) in [6, 6.07) is 10.4. The summed E-state index contributed by atoms with van der Waals surface area (Å²) >= 11 is 0. The largest absolute Gasteiger partial charge is 0.444 e. The summed E-state index contributed by atoms with van der Waals surface area (Å²) in [4.78, 5) is 29.5. The molecule has 1 atom stereocenters. The second kappa shape index (κ2) is 10.6. The molecule has 0 unspecified atom stereocenters. The molecule has 0 saturated carbocycles. The Bertz CT molecular complexity index is 1130. The van der Waals surface area contributed by atoms with Crippen LogP contribution >= 0.6 is 0 Å². The molecule has 0 aliphatic carbocycles. The first kappa shape index (κ1) is 26.8. The SMILES string of the molecule is CC(C)(C)OC(=O)N1CCCC[C@@H]1C(=O)Nc1ccc2c(c1)CCCN2Cc1ccc(C(F)(F)F)cc1. The standard InChI is InChI=1S/C28H34F3N3O3/c1-27(2,3)37-26(36)34-16-5-4-8-24(34)25(35)32-22-13-14-23-20(17-22)7-6-15-33(23)18-19-9-11-21(12-10-19)28(29,30)31/h9-14,17,24H,4-8,15-16,18H2,1-3H3,(H,32,35)/t24-/m1/s1. The van der Waals surface area contributed by atoms with Crippen LogP contribution in [0.1, 0.15) is 63.1 Å². The maximum Gasteiger partial charge on any atom is 0.416 e. The van der Waals surface area contributed by atoms with E-state index in [1.54, 1.807) is 20.8 Å². The lowest BCUT2D eigenvalue weighted by Gasteiger charge is -2.36. The molecule has 0 aromatic heterocycles. The van der Waals surface area contributed by atoms with Crippen LogP contribution in [0.25, 0.3) is 0 Å². The third kappa shape index (κ3) is 6.76. The average Bonchev–Trinajstić information content (AvgIpc) is 2.83. The van der Waals surface area contributed by atoms with Gasteiger partial charge in [-0.2, -0.15) is 13.2 Å². The first-order chi connectivity index (χ1) is 17.4. The van der Waals surface area contributed by atoms with Gasteiger partial charge in [0.25, 0.3) is 0 Å². The van der Waals surface area contributed by atoms with Gasteiger partial charge in [-0.25, -0.2) is 4.79 Å². The number of rotatable bonds is 4. The Morgan fingerprint density at radius 3 is 2.41 bits per heavy atom. The van der Waals surface area contributed by atoms with Gasteiger partial charge >= 0.3 is 12.3 Å². The van der Waals surface area contributed by atoms with Crippen molar-refractivity contribution in [1.82, 2.24) is 4.90 Å². The minimum atomic E-state index is -4.35. The highest BCUT2D eigenvalue weighted by Crippen LogP contribution is 2.33. The Labute approximate surface area is 215 Å². The quantitative estimate of drug-likeness (QED) is 0.511. The summed E-state index contributed by atoms with van der Waals surface area (Å²) in [5.41, 5.74) is 2.26. The first-order valence-electron chi connectivity index (χ1n) is 12.8. The van der Waals surface area contributed by atoms with Gasteiger partial charge in [0.15, 0.2) is 0 Å². The van der Waals surface area contributed by atoms with Gasteiger partial charge < -0.3 is 15.0 Å². The first-order valence-corrected chi connectivity index (χ1v) is 12.8. The van der Waals surface area contributed by atoms with Crippen LogP contribution in [0.4, 0.5) is 29.3 Å². The number of nitrogens with zero attached hydrogens (tertiary/aromatic N) is 2. The topological polar surface area (TPSA) is 61.9 Å². The zero-order chi connectivity index (χ0) is 26.8. The molecule has 4 rings (SSSR count). The number of hydrogen-bond acceptors (Lipinski definition) is 4. The molecule has 2 heterocycles. The number of carbonyl (C=O) groups is 2. The highest BCUT2D eigenvalue weighted by Gasteiger charge is 2.35. The molecule has 2 aromatic rings. The minimum Gasteiger partial charge on any atom is -0.444 e. The fourth-order valence-corrected chi connectivity index (χ4v) is 4.91. The molecule has 0 bridgehead atoms. The van der Waals surface area contributed by atoms with E-state index in [1.807, 2.05) is 18.2 Å². The number of alkyl halides is 3. The molecule has 9 heteroatoms. The predicted molar refractivity (Wildman–Crippen MR) is 136 cm³/mol. The number of carbonyl (C=O) groups excluding carboxylic acids is 2. The second-order valence-corrected chi connectivity index (χ2v) is 10.7. The number of anilines is 2. The van der Waals surface area contributed by atoms with Gasteiger partial charge in [-0.1, -0.05) is 12.1 Å². The van der Waals surface area contributed by atoms with Crippen LogP contribution in [0.15, 0.2) is 42.5 Å². The van der Waals surface area contributed by atoms with Gasteiger partial charge in [0.2, 0.25) is 5.91 Å². The Hall–Kier alpha value is -3.23. The summed E-state index contributed by atoms with van der Waals surface area (Å²) in [5, 5.41) is 2.98. The van der Waals surface area contributed by atoms with Gasteiger partial charge in [0.1, 0.15) is 11.6 Å². The van der Waals surface area contributed by atoms with Crippen LogP contribution in [0.3, 0.4) is 0 Å². The van der Waals surface area contributed by atoms with Crippen LogP contribution in [-0.4, -0.2) is 41.6 Å². The molecule has 2 amide bonds. The van der Waals surface area contributed by atoms with E-state index in [0.717, 1.165) is 61.2 Å². The molecule has 0 spiro atoms. The third-order valence-corrected chi connectivity index (χ3v) is 6.65. The Morgan fingerprint density at radius 2 is 1.73 bits per heavy atom. The van der Waals surface area contributed by atoms with Gasteiger partial charge in [-0.15, -0.1) is 0 Å². The number of piperidine rings is 1.